The fourth-order valence-electron chi connectivity index (χ4n) is 3.30. The van der Waals surface area contributed by atoms with Gasteiger partial charge in [0.15, 0.2) is 5.78 Å². The molecule has 0 aliphatic heterocycles. The van der Waals surface area contributed by atoms with Crippen LogP contribution in [0.5, 0.6) is 0 Å². The number of ketones is 1. The number of carbonyl (C=O) groups is 1. The van der Waals surface area contributed by atoms with Crippen LogP contribution >= 0.6 is 0 Å². The SMILES string of the molecule is CC1(C(=O)c2c[nH]c3cc([N+](=O)[O-])ccc23)CCCCC1. The van der Waals surface area contributed by atoms with Crippen LogP contribution in [0.2, 0.25) is 0 Å². The second kappa shape index (κ2) is 4.98. The average Bonchev–Trinajstić information content (AvgIpc) is 2.90. The van der Waals surface area contributed by atoms with Crippen molar-refractivity contribution < 1.29 is 9.72 Å². The van der Waals surface area contributed by atoms with E-state index in [0.717, 1.165) is 31.1 Å². The first-order valence-corrected chi connectivity index (χ1v) is 7.32. The second-order valence-corrected chi connectivity index (χ2v) is 6.14. The van der Waals surface area contributed by atoms with Gasteiger partial charge in [-0.25, -0.2) is 0 Å². The number of aromatic amines is 1. The minimum absolute atomic E-state index is 0.0345. The lowest BCUT2D eigenvalue weighted by atomic mass is 9.71. The van der Waals surface area contributed by atoms with Gasteiger partial charge < -0.3 is 4.98 Å². The van der Waals surface area contributed by atoms with Crippen molar-refractivity contribution >= 4 is 22.4 Å². The number of hydrogen-bond donors (Lipinski definition) is 1. The van der Waals surface area contributed by atoms with E-state index in [4.69, 9.17) is 0 Å². The second-order valence-electron chi connectivity index (χ2n) is 6.14. The third kappa shape index (κ3) is 2.33. The van der Waals surface area contributed by atoms with Gasteiger partial charge in [0.1, 0.15) is 0 Å². The van der Waals surface area contributed by atoms with E-state index < -0.39 is 4.92 Å². The molecule has 5 heteroatoms. The number of Topliss-reactive ketones (excluding diaryl/α,β-unsaturated/α-hetero) is 1. The van der Waals surface area contributed by atoms with Crippen LogP contribution in [0.1, 0.15) is 49.4 Å². The molecule has 1 N–H and O–H groups in total. The van der Waals surface area contributed by atoms with Crippen LogP contribution in [0.15, 0.2) is 24.4 Å². The highest BCUT2D eigenvalue weighted by Crippen LogP contribution is 2.40. The van der Waals surface area contributed by atoms with E-state index >= 15 is 0 Å². The Hall–Kier alpha value is -2.17. The van der Waals surface area contributed by atoms with Crippen LogP contribution in [0.25, 0.3) is 10.9 Å². The quantitative estimate of drug-likeness (QED) is 0.521. The molecule has 5 nitrogen and oxygen atoms in total. The molecule has 0 saturated heterocycles. The van der Waals surface area contributed by atoms with Crippen molar-refractivity contribution in [1.29, 1.82) is 0 Å². The maximum Gasteiger partial charge on any atom is 0.271 e. The summed E-state index contributed by atoms with van der Waals surface area (Å²) in [6.45, 7) is 2.04. The summed E-state index contributed by atoms with van der Waals surface area (Å²) in [5.41, 5.74) is 1.04. The fraction of sp³-hybridized carbons (Fsp3) is 0.438. The van der Waals surface area contributed by atoms with Gasteiger partial charge >= 0.3 is 0 Å². The lowest BCUT2D eigenvalue weighted by Gasteiger charge is -2.31. The Kier molecular flexibility index (Phi) is 3.27. The van der Waals surface area contributed by atoms with Crippen molar-refractivity contribution in [2.24, 2.45) is 5.41 Å². The van der Waals surface area contributed by atoms with Crippen molar-refractivity contribution in [3.8, 4) is 0 Å². The summed E-state index contributed by atoms with van der Waals surface area (Å²) in [5, 5.41) is 11.6. The van der Waals surface area contributed by atoms with E-state index in [1.165, 1.54) is 18.6 Å². The van der Waals surface area contributed by atoms with E-state index in [-0.39, 0.29) is 16.9 Å². The monoisotopic (exact) mass is 286 g/mol. The number of nitro benzene ring substituents is 1. The van der Waals surface area contributed by atoms with Gasteiger partial charge in [0, 0.05) is 34.7 Å². The largest absolute Gasteiger partial charge is 0.360 e. The molecule has 110 valence electrons. The molecule has 1 fully saturated rings. The first-order chi connectivity index (χ1) is 10.0. The third-order valence-corrected chi connectivity index (χ3v) is 4.63. The summed E-state index contributed by atoms with van der Waals surface area (Å²) < 4.78 is 0. The van der Waals surface area contributed by atoms with Gasteiger partial charge in [-0.2, -0.15) is 0 Å². The van der Waals surface area contributed by atoms with Crippen molar-refractivity contribution in [2.75, 3.05) is 0 Å². The minimum atomic E-state index is -0.426. The van der Waals surface area contributed by atoms with Crippen LogP contribution in [0.3, 0.4) is 0 Å². The number of rotatable bonds is 3. The number of aromatic nitrogens is 1. The molecule has 0 spiro atoms. The number of nitro groups is 1. The van der Waals surface area contributed by atoms with Crippen molar-refractivity contribution in [3.05, 3.63) is 40.1 Å². The predicted molar refractivity (Wildman–Crippen MR) is 80.5 cm³/mol. The summed E-state index contributed by atoms with van der Waals surface area (Å²) in [4.78, 5) is 26.2. The zero-order chi connectivity index (χ0) is 15.0. The molecule has 0 atom stereocenters. The molecule has 0 radical (unpaired) electrons. The number of nitrogens with zero attached hydrogens (tertiary/aromatic N) is 1. The van der Waals surface area contributed by atoms with E-state index in [9.17, 15) is 14.9 Å². The van der Waals surface area contributed by atoms with Gasteiger partial charge in [0.25, 0.3) is 5.69 Å². The molecule has 1 aliphatic rings. The number of benzene rings is 1. The molecule has 0 bridgehead atoms. The van der Waals surface area contributed by atoms with Crippen molar-refractivity contribution in [1.82, 2.24) is 4.98 Å². The van der Waals surface area contributed by atoms with E-state index in [1.54, 1.807) is 12.3 Å². The Morgan fingerprint density at radius 2 is 2.00 bits per heavy atom. The molecule has 1 saturated carbocycles. The maximum atomic E-state index is 12.9. The Bertz CT molecular complexity index is 711. The zero-order valence-electron chi connectivity index (χ0n) is 12.0. The summed E-state index contributed by atoms with van der Waals surface area (Å²) in [7, 11) is 0. The molecule has 1 aliphatic carbocycles. The molecule has 2 aromatic rings. The van der Waals surface area contributed by atoms with Crippen LogP contribution in [0, 0.1) is 15.5 Å². The first-order valence-electron chi connectivity index (χ1n) is 7.32. The topological polar surface area (TPSA) is 76.0 Å². The molecule has 1 heterocycles. The molecule has 21 heavy (non-hydrogen) atoms. The maximum absolute atomic E-state index is 12.9. The van der Waals surface area contributed by atoms with Gasteiger partial charge in [-0.1, -0.05) is 26.2 Å². The molecule has 1 aromatic carbocycles. The van der Waals surface area contributed by atoms with E-state index in [2.05, 4.69) is 4.98 Å². The summed E-state index contributed by atoms with van der Waals surface area (Å²) in [6, 6.07) is 4.61. The summed E-state index contributed by atoms with van der Waals surface area (Å²) in [5.74, 6) is 0.155. The number of fused-ring (bicyclic) bond motifs is 1. The van der Waals surface area contributed by atoms with Gasteiger partial charge in [0.05, 0.1) is 10.4 Å². The molecule has 0 unspecified atom stereocenters. The number of non-ortho nitro benzene ring substituents is 1. The lowest BCUT2D eigenvalue weighted by molar-refractivity contribution is -0.384. The third-order valence-electron chi connectivity index (χ3n) is 4.63. The van der Waals surface area contributed by atoms with Crippen LogP contribution in [-0.2, 0) is 0 Å². The van der Waals surface area contributed by atoms with Crippen molar-refractivity contribution in [3.63, 3.8) is 0 Å². The molecule has 1 aromatic heterocycles. The predicted octanol–water partition coefficient (Wildman–Crippen LogP) is 4.23. The van der Waals surface area contributed by atoms with Crippen LogP contribution in [-0.4, -0.2) is 15.7 Å². The van der Waals surface area contributed by atoms with Gasteiger partial charge in [-0.05, 0) is 18.9 Å². The highest BCUT2D eigenvalue weighted by molar-refractivity contribution is 6.10. The van der Waals surface area contributed by atoms with Gasteiger partial charge in [-0.3, -0.25) is 14.9 Å². The highest BCUT2D eigenvalue weighted by Gasteiger charge is 2.36. The number of H-pyrrole nitrogens is 1. The van der Waals surface area contributed by atoms with Crippen molar-refractivity contribution in [2.45, 2.75) is 39.0 Å². The molecule has 0 amide bonds. The Morgan fingerprint density at radius 3 is 2.67 bits per heavy atom. The van der Waals surface area contributed by atoms with E-state index in [1.807, 2.05) is 6.92 Å². The average molecular weight is 286 g/mol. The highest BCUT2D eigenvalue weighted by atomic mass is 16.6. The van der Waals surface area contributed by atoms with E-state index in [0.29, 0.717) is 11.1 Å². The van der Waals surface area contributed by atoms with Gasteiger partial charge in [-0.15, -0.1) is 0 Å². The minimum Gasteiger partial charge on any atom is -0.360 e. The Morgan fingerprint density at radius 1 is 1.29 bits per heavy atom. The Labute approximate surface area is 122 Å². The fourth-order valence-corrected chi connectivity index (χ4v) is 3.30. The lowest BCUT2D eigenvalue weighted by Crippen LogP contribution is -2.30. The number of hydrogen-bond acceptors (Lipinski definition) is 3. The molecule has 3 rings (SSSR count). The molecular formula is C16H18N2O3. The summed E-state index contributed by atoms with van der Waals surface area (Å²) in [6.07, 6.45) is 6.92. The number of carbonyl (C=O) groups excluding carboxylic acids is 1. The molecular weight excluding hydrogens is 268 g/mol. The van der Waals surface area contributed by atoms with Crippen LogP contribution < -0.4 is 0 Å². The summed E-state index contributed by atoms with van der Waals surface area (Å²) >= 11 is 0. The smallest absolute Gasteiger partial charge is 0.271 e. The van der Waals surface area contributed by atoms with Gasteiger partial charge in [0.2, 0.25) is 0 Å². The number of nitrogens with one attached hydrogen (secondary N) is 1. The zero-order valence-corrected chi connectivity index (χ0v) is 12.0. The Balaban J connectivity index is 2.01. The normalized spacial score (nSPS) is 17.8. The van der Waals surface area contributed by atoms with Crippen LogP contribution in [0.4, 0.5) is 5.69 Å². The first kappa shape index (κ1) is 13.8. The standard InChI is InChI=1S/C16H18N2O3/c1-16(7-3-2-4-8-16)15(19)13-10-17-14-9-11(18(20)21)5-6-12(13)14/h5-6,9-10,17H,2-4,7-8H2,1H3.